The van der Waals surface area contributed by atoms with E-state index in [1.807, 2.05) is 19.1 Å². The van der Waals surface area contributed by atoms with E-state index in [1.165, 1.54) is 0 Å². The molecular formula is C16H22N2O2. The summed E-state index contributed by atoms with van der Waals surface area (Å²) >= 11 is 0. The van der Waals surface area contributed by atoms with Gasteiger partial charge < -0.3 is 15.5 Å². The fraction of sp³-hybridized carbons (Fsp3) is 0.438. The average Bonchev–Trinajstić information content (AvgIpc) is 2.44. The van der Waals surface area contributed by atoms with E-state index in [9.17, 15) is 10.2 Å². The average molecular weight is 274 g/mol. The van der Waals surface area contributed by atoms with Gasteiger partial charge in [-0.05, 0) is 24.1 Å². The Morgan fingerprint density at radius 2 is 2.00 bits per heavy atom. The molecule has 2 aromatic rings. The van der Waals surface area contributed by atoms with Gasteiger partial charge >= 0.3 is 0 Å². The summed E-state index contributed by atoms with van der Waals surface area (Å²) in [6.07, 6.45) is 1.83. The summed E-state index contributed by atoms with van der Waals surface area (Å²) in [6.45, 7) is 6.17. The van der Waals surface area contributed by atoms with Crippen LogP contribution in [0.3, 0.4) is 0 Å². The van der Waals surface area contributed by atoms with Gasteiger partial charge in [-0.3, -0.25) is 4.98 Å². The molecular weight excluding hydrogens is 252 g/mol. The van der Waals surface area contributed by atoms with Gasteiger partial charge in [0.05, 0.1) is 6.10 Å². The number of rotatable bonds is 5. The number of aliphatic hydroxyl groups is 1. The third kappa shape index (κ3) is 2.92. The van der Waals surface area contributed by atoms with Crippen LogP contribution in [0.5, 0.6) is 5.75 Å². The number of aromatic hydroxyl groups is 1. The van der Waals surface area contributed by atoms with Crippen molar-refractivity contribution >= 4 is 10.9 Å². The number of phenols is 1. The second kappa shape index (κ2) is 6.20. The molecule has 2 rings (SSSR count). The highest BCUT2D eigenvalue weighted by atomic mass is 16.3. The molecule has 0 fully saturated rings. The topological polar surface area (TPSA) is 65.4 Å². The first kappa shape index (κ1) is 14.8. The van der Waals surface area contributed by atoms with Gasteiger partial charge in [0.25, 0.3) is 0 Å². The van der Waals surface area contributed by atoms with Crippen LogP contribution in [0, 0.1) is 0 Å². The number of hydrogen-bond donors (Lipinski definition) is 3. The Balaban J connectivity index is 2.44. The van der Waals surface area contributed by atoms with E-state index >= 15 is 0 Å². The van der Waals surface area contributed by atoms with Crippen molar-refractivity contribution in [2.45, 2.75) is 45.4 Å². The van der Waals surface area contributed by atoms with Crippen molar-refractivity contribution in [3.05, 3.63) is 36.0 Å². The van der Waals surface area contributed by atoms with E-state index in [4.69, 9.17) is 0 Å². The molecule has 0 aliphatic heterocycles. The van der Waals surface area contributed by atoms with Crippen LogP contribution in [-0.2, 0) is 0 Å². The van der Waals surface area contributed by atoms with Crippen molar-refractivity contribution in [1.82, 2.24) is 10.3 Å². The maximum Gasteiger partial charge on any atom is 0.141 e. The number of fused-ring (bicyclic) bond motifs is 1. The van der Waals surface area contributed by atoms with E-state index in [0.29, 0.717) is 11.6 Å². The molecule has 0 saturated heterocycles. The predicted octanol–water partition coefficient (Wildman–Crippen LogP) is 2.75. The molecule has 108 valence electrons. The molecule has 0 saturated carbocycles. The van der Waals surface area contributed by atoms with Crippen molar-refractivity contribution < 1.29 is 10.2 Å². The molecule has 0 spiro atoms. The zero-order chi connectivity index (χ0) is 14.7. The molecule has 3 N–H and O–H groups in total. The summed E-state index contributed by atoms with van der Waals surface area (Å²) in [7, 11) is 0. The van der Waals surface area contributed by atoms with E-state index in [1.54, 1.807) is 18.3 Å². The number of nitrogens with one attached hydrogen (secondary N) is 1. The van der Waals surface area contributed by atoms with Crippen molar-refractivity contribution in [3.8, 4) is 5.75 Å². The summed E-state index contributed by atoms with van der Waals surface area (Å²) in [5, 5.41) is 24.7. The van der Waals surface area contributed by atoms with Gasteiger partial charge in [0.2, 0.25) is 0 Å². The number of aliphatic hydroxyl groups excluding tert-OH is 1. The first-order chi connectivity index (χ1) is 9.54. The Bertz CT molecular complexity index is 584. The minimum absolute atomic E-state index is 0.0250. The van der Waals surface area contributed by atoms with Crippen LogP contribution >= 0.6 is 0 Å². The molecule has 20 heavy (non-hydrogen) atoms. The third-order valence-corrected chi connectivity index (χ3v) is 3.47. The number of phenolic OH excluding ortho intramolecular Hbond substituents is 1. The first-order valence-electron chi connectivity index (χ1n) is 7.05. The Morgan fingerprint density at radius 3 is 2.65 bits per heavy atom. The number of hydrogen-bond acceptors (Lipinski definition) is 4. The highest BCUT2D eigenvalue weighted by Gasteiger charge is 2.22. The molecule has 4 heteroatoms. The molecule has 0 radical (unpaired) electrons. The van der Waals surface area contributed by atoms with Gasteiger partial charge in [0, 0.05) is 23.7 Å². The lowest BCUT2D eigenvalue weighted by molar-refractivity contribution is 0.123. The second-order valence-corrected chi connectivity index (χ2v) is 5.35. The van der Waals surface area contributed by atoms with Crippen molar-refractivity contribution in [1.29, 1.82) is 0 Å². The van der Waals surface area contributed by atoms with Crippen molar-refractivity contribution in [2.24, 2.45) is 0 Å². The van der Waals surface area contributed by atoms with E-state index in [0.717, 1.165) is 17.4 Å². The maximum absolute atomic E-state index is 10.6. The minimum Gasteiger partial charge on any atom is -0.506 e. The smallest absolute Gasteiger partial charge is 0.141 e. The minimum atomic E-state index is -0.630. The van der Waals surface area contributed by atoms with Crippen LogP contribution in [-0.4, -0.2) is 27.3 Å². The molecule has 2 atom stereocenters. The van der Waals surface area contributed by atoms with Gasteiger partial charge in [-0.15, -0.1) is 0 Å². The normalized spacial score (nSPS) is 14.7. The fourth-order valence-corrected chi connectivity index (χ4v) is 2.51. The predicted molar refractivity (Wildman–Crippen MR) is 80.7 cm³/mol. The van der Waals surface area contributed by atoms with Crippen LogP contribution in [0.4, 0.5) is 0 Å². The SMILES string of the molecule is CCC(NC(C)C)C(O)c1ccc(O)c2ncccc12. The zero-order valence-electron chi connectivity index (χ0n) is 12.2. The Labute approximate surface area is 119 Å². The summed E-state index contributed by atoms with van der Waals surface area (Å²) in [4.78, 5) is 4.19. The number of aromatic nitrogens is 1. The molecule has 2 unspecified atom stereocenters. The Morgan fingerprint density at radius 1 is 1.25 bits per heavy atom. The third-order valence-electron chi connectivity index (χ3n) is 3.47. The van der Waals surface area contributed by atoms with Gasteiger partial charge in [-0.1, -0.05) is 32.9 Å². The van der Waals surface area contributed by atoms with Crippen LogP contribution in [0.15, 0.2) is 30.5 Å². The second-order valence-electron chi connectivity index (χ2n) is 5.35. The molecule has 0 amide bonds. The van der Waals surface area contributed by atoms with Gasteiger partial charge in [-0.2, -0.15) is 0 Å². The summed E-state index contributed by atoms with van der Waals surface area (Å²) < 4.78 is 0. The molecule has 1 aromatic carbocycles. The Kier molecular flexibility index (Phi) is 4.57. The van der Waals surface area contributed by atoms with Crippen LogP contribution in [0.25, 0.3) is 10.9 Å². The lowest BCUT2D eigenvalue weighted by Gasteiger charge is -2.26. The largest absolute Gasteiger partial charge is 0.506 e. The van der Waals surface area contributed by atoms with E-state index in [2.05, 4.69) is 24.1 Å². The summed E-state index contributed by atoms with van der Waals surface area (Å²) in [5.74, 6) is 0.140. The molecule has 1 aromatic heterocycles. The molecule has 0 aliphatic carbocycles. The van der Waals surface area contributed by atoms with Crippen LogP contribution < -0.4 is 5.32 Å². The van der Waals surface area contributed by atoms with Gasteiger partial charge in [0.15, 0.2) is 0 Å². The van der Waals surface area contributed by atoms with E-state index < -0.39 is 6.10 Å². The monoisotopic (exact) mass is 274 g/mol. The van der Waals surface area contributed by atoms with Gasteiger partial charge in [0.1, 0.15) is 11.3 Å². The van der Waals surface area contributed by atoms with E-state index in [-0.39, 0.29) is 11.8 Å². The number of pyridine rings is 1. The fourth-order valence-electron chi connectivity index (χ4n) is 2.51. The zero-order valence-corrected chi connectivity index (χ0v) is 12.2. The maximum atomic E-state index is 10.6. The molecule has 4 nitrogen and oxygen atoms in total. The highest BCUT2D eigenvalue weighted by Crippen LogP contribution is 2.31. The van der Waals surface area contributed by atoms with Crippen LogP contribution in [0.1, 0.15) is 38.9 Å². The van der Waals surface area contributed by atoms with Crippen molar-refractivity contribution in [2.75, 3.05) is 0 Å². The standard InChI is InChI=1S/C16H22N2O2/c1-4-13(18-10(2)3)16(20)12-7-8-14(19)15-11(12)6-5-9-17-15/h5-10,13,16,18-20H,4H2,1-3H3. The molecule has 1 heterocycles. The summed E-state index contributed by atoms with van der Waals surface area (Å²) in [6, 6.07) is 7.33. The lowest BCUT2D eigenvalue weighted by atomic mass is 9.95. The summed E-state index contributed by atoms with van der Waals surface area (Å²) in [5.41, 5.74) is 1.33. The van der Waals surface area contributed by atoms with Gasteiger partial charge in [-0.25, -0.2) is 0 Å². The number of benzene rings is 1. The number of nitrogens with zero attached hydrogens (tertiary/aromatic N) is 1. The highest BCUT2D eigenvalue weighted by molar-refractivity contribution is 5.87. The van der Waals surface area contributed by atoms with Crippen LogP contribution in [0.2, 0.25) is 0 Å². The quantitative estimate of drug-likeness (QED) is 0.784. The Hall–Kier alpha value is -1.65. The lowest BCUT2D eigenvalue weighted by Crippen LogP contribution is -2.38. The molecule has 0 aliphatic rings. The first-order valence-corrected chi connectivity index (χ1v) is 7.05. The molecule has 0 bridgehead atoms. The van der Waals surface area contributed by atoms with Crippen molar-refractivity contribution in [3.63, 3.8) is 0 Å².